The van der Waals surface area contributed by atoms with Crippen LogP contribution < -0.4 is 5.73 Å². The predicted octanol–water partition coefficient (Wildman–Crippen LogP) is 1.66. The summed E-state index contributed by atoms with van der Waals surface area (Å²) >= 11 is 0. The van der Waals surface area contributed by atoms with Crippen molar-refractivity contribution in [1.82, 2.24) is 4.98 Å². The van der Waals surface area contributed by atoms with Crippen molar-refractivity contribution in [2.45, 2.75) is 32.7 Å². The summed E-state index contributed by atoms with van der Waals surface area (Å²) in [7, 11) is 0. The van der Waals surface area contributed by atoms with Gasteiger partial charge in [0.1, 0.15) is 5.76 Å². The first-order chi connectivity index (χ1) is 6.74. The second-order valence-corrected chi connectivity index (χ2v) is 3.32. The van der Waals surface area contributed by atoms with E-state index in [2.05, 4.69) is 11.9 Å². The smallest absolute Gasteiger partial charge is 0.210 e. The first-order valence-electron chi connectivity index (χ1n) is 5.02. The molecule has 0 aliphatic heterocycles. The monoisotopic (exact) mass is 198 g/mol. The molecule has 0 fully saturated rings. The molecule has 1 rings (SSSR count). The first kappa shape index (κ1) is 11.2. The topological polar surface area (TPSA) is 61.3 Å². The Labute approximate surface area is 84.5 Å². The third-order valence-corrected chi connectivity index (χ3v) is 1.80. The van der Waals surface area contributed by atoms with E-state index in [1.165, 1.54) is 0 Å². The highest BCUT2D eigenvalue weighted by Crippen LogP contribution is 2.10. The normalized spacial score (nSPS) is 13.1. The van der Waals surface area contributed by atoms with E-state index in [9.17, 15) is 0 Å². The van der Waals surface area contributed by atoms with Gasteiger partial charge in [-0.25, -0.2) is 4.98 Å². The summed E-state index contributed by atoms with van der Waals surface area (Å²) in [4.78, 5) is 4.07. The lowest BCUT2D eigenvalue weighted by Gasteiger charge is -2.00. The van der Waals surface area contributed by atoms with Gasteiger partial charge in [0, 0.05) is 13.0 Å². The van der Waals surface area contributed by atoms with E-state index < -0.39 is 0 Å². The van der Waals surface area contributed by atoms with Crippen LogP contribution >= 0.6 is 0 Å². The molecule has 1 unspecified atom stereocenters. The Balaban J connectivity index is 2.29. The van der Waals surface area contributed by atoms with Gasteiger partial charge in [-0.15, -0.1) is 0 Å². The van der Waals surface area contributed by atoms with Crippen LogP contribution in [0.2, 0.25) is 0 Å². The summed E-state index contributed by atoms with van der Waals surface area (Å²) in [5.41, 5.74) is 5.62. The molecule has 80 valence electrons. The number of hydrogen-bond donors (Lipinski definition) is 1. The van der Waals surface area contributed by atoms with Crippen molar-refractivity contribution in [2.75, 3.05) is 13.2 Å². The second kappa shape index (κ2) is 5.78. The van der Waals surface area contributed by atoms with Crippen LogP contribution in [0, 0.1) is 0 Å². The molecule has 0 saturated heterocycles. The van der Waals surface area contributed by atoms with Crippen LogP contribution in [-0.2, 0) is 11.2 Å². The molecule has 1 aromatic rings. The summed E-state index contributed by atoms with van der Waals surface area (Å²) in [6.45, 7) is 5.42. The van der Waals surface area contributed by atoms with Gasteiger partial charge in [-0.05, 0) is 13.3 Å². The van der Waals surface area contributed by atoms with E-state index in [-0.39, 0.29) is 6.04 Å². The number of aromatic nitrogens is 1. The summed E-state index contributed by atoms with van der Waals surface area (Å²) in [6.07, 6.45) is 3.52. The number of nitrogens with zero attached hydrogens (tertiary/aromatic N) is 1. The Morgan fingerprint density at radius 3 is 2.93 bits per heavy atom. The Bertz CT molecular complexity index is 258. The Kier molecular flexibility index (Phi) is 4.62. The third-order valence-electron chi connectivity index (χ3n) is 1.80. The van der Waals surface area contributed by atoms with Gasteiger partial charge in [0.05, 0.1) is 18.8 Å². The largest absolute Gasteiger partial charge is 0.444 e. The van der Waals surface area contributed by atoms with Crippen LogP contribution in [0.3, 0.4) is 0 Å². The lowest BCUT2D eigenvalue weighted by Crippen LogP contribution is -2.04. The third kappa shape index (κ3) is 3.47. The summed E-state index contributed by atoms with van der Waals surface area (Å²) in [5, 5.41) is 0. The van der Waals surface area contributed by atoms with Crippen molar-refractivity contribution >= 4 is 0 Å². The van der Waals surface area contributed by atoms with Gasteiger partial charge in [0.25, 0.3) is 0 Å². The molecule has 0 bridgehead atoms. The number of ether oxygens (including phenoxy) is 1. The molecule has 1 atom stereocenters. The summed E-state index contributed by atoms with van der Waals surface area (Å²) in [5.74, 6) is 1.43. The van der Waals surface area contributed by atoms with Gasteiger partial charge >= 0.3 is 0 Å². The van der Waals surface area contributed by atoms with Crippen molar-refractivity contribution in [3.05, 3.63) is 17.8 Å². The SMILES string of the molecule is CCCOCCc1cnc(C(C)N)o1. The molecule has 14 heavy (non-hydrogen) atoms. The van der Waals surface area contributed by atoms with Crippen molar-refractivity contribution in [1.29, 1.82) is 0 Å². The average molecular weight is 198 g/mol. The fraction of sp³-hybridized carbons (Fsp3) is 0.700. The number of rotatable bonds is 6. The predicted molar refractivity (Wildman–Crippen MR) is 53.9 cm³/mol. The quantitative estimate of drug-likeness (QED) is 0.706. The maximum Gasteiger partial charge on any atom is 0.210 e. The highest BCUT2D eigenvalue weighted by molar-refractivity contribution is 4.96. The van der Waals surface area contributed by atoms with Crippen LogP contribution in [0.25, 0.3) is 0 Å². The number of oxazole rings is 1. The fourth-order valence-corrected chi connectivity index (χ4v) is 1.07. The minimum atomic E-state index is -0.139. The van der Waals surface area contributed by atoms with Crippen molar-refractivity contribution in [3.63, 3.8) is 0 Å². The van der Waals surface area contributed by atoms with Crippen LogP contribution in [-0.4, -0.2) is 18.2 Å². The molecule has 0 spiro atoms. The van der Waals surface area contributed by atoms with Crippen LogP contribution in [0.5, 0.6) is 0 Å². The van der Waals surface area contributed by atoms with Crippen molar-refractivity contribution < 1.29 is 9.15 Å². The molecule has 4 nitrogen and oxygen atoms in total. The highest BCUT2D eigenvalue weighted by Gasteiger charge is 2.07. The zero-order valence-electron chi connectivity index (χ0n) is 8.82. The fourth-order valence-electron chi connectivity index (χ4n) is 1.07. The van der Waals surface area contributed by atoms with E-state index in [1.807, 2.05) is 6.92 Å². The van der Waals surface area contributed by atoms with Crippen LogP contribution in [0.1, 0.15) is 38.0 Å². The zero-order chi connectivity index (χ0) is 10.4. The molecular formula is C10H18N2O2. The minimum absolute atomic E-state index is 0.139. The lowest BCUT2D eigenvalue weighted by atomic mass is 10.4. The standard InChI is InChI=1S/C10H18N2O2/c1-3-5-13-6-4-9-7-12-10(14-9)8(2)11/h7-8H,3-6,11H2,1-2H3. The molecule has 0 amide bonds. The van der Waals surface area contributed by atoms with Gasteiger partial charge in [-0.3, -0.25) is 0 Å². The molecule has 0 aliphatic carbocycles. The van der Waals surface area contributed by atoms with E-state index in [1.54, 1.807) is 6.20 Å². The maximum absolute atomic E-state index is 5.62. The van der Waals surface area contributed by atoms with Crippen LogP contribution in [0.15, 0.2) is 10.6 Å². The van der Waals surface area contributed by atoms with Gasteiger partial charge in [0.2, 0.25) is 5.89 Å². The molecule has 4 heteroatoms. The molecule has 2 N–H and O–H groups in total. The molecule has 0 saturated carbocycles. The lowest BCUT2D eigenvalue weighted by molar-refractivity contribution is 0.134. The highest BCUT2D eigenvalue weighted by atomic mass is 16.5. The van der Waals surface area contributed by atoms with Gasteiger partial charge in [-0.1, -0.05) is 6.92 Å². The zero-order valence-corrected chi connectivity index (χ0v) is 8.82. The van der Waals surface area contributed by atoms with Crippen molar-refractivity contribution in [3.8, 4) is 0 Å². The summed E-state index contributed by atoms with van der Waals surface area (Å²) in [6, 6.07) is -0.139. The Morgan fingerprint density at radius 1 is 1.57 bits per heavy atom. The van der Waals surface area contributed by atoms with E-state index >= 15 is 0 Å². The number of hydrogen-bond acceptors (Lipinski definition) is 4. The molecule has 1 heterocycles. The minimum Gasteiger partial charge on any atom is -0.444 e. The van der Waals surface area contributed by atoms with E-state index in [4.69, 9.17) is 14.9 Å². The maximum atomic E-state index is 5.62. The molecule has 1 aromatic heterocycles. The molecule has 0 aromatic carbocycles. The van der Waals surface area contributed by atoms with E-state index in [0.29, 0.717) is 12.5 Å². The first-order valence-corrected chi connectivity index (χ1v) is 5.02. The van der Waals surface area contributed by atoms with Gasteiger partial charge in [0.15, 0.2) is 0 Å². The summed E-state index contributed by atoms with van der Waals surface area (Å²) < 4.78 is 10.7. The van der Waals surface area contributed by atoms with Gasteiger partial charge in [-0.2, -0.15) is 0 Å². The van der Waals surface area contributed by atoms with Crippen LogP contribution in [0.4, 0.5) is 0 Å². The van der Waals surface area contributed by atoms with Crippen molar-refractivity contribution in [2.24, 2.45) is 5.73 Å². The molecule has 0 radical (unpaired) electrons. The Morgan fingerprint density at radius 2 is 2.36 bits per heavy atom. The van der Waals surface area contributed by atoms with Gasteiger partial charge < -0.3 is 14.9 Å². The van der Waals surface area contributed by atoms with E-state index in [0.717, 1.165) is 25.2 Å². The molecule has 0 aliphatic rings. The average Bonchev–Trinajstić information content (AvgIpc) is 2.61. The number of nitrogens with two attached hydrogens (primary N) is 1. The Hall–Kier alpha value is -0.870. The second-order valence-electron chi connectivity index (χ2n) is 3.32. The molecular weight excluding hydrogens is 180 g/mol.